The molecular weight excluding hydrogens is 307 g/mol. The Bertz CT molecular complexity index is 585. The molecule has 0 aliphatic rings. The number of aromatic hydroxyl groups is 1. The van der Waals surface area contributed by atoms with E-state index in [1.165, 1.54) is 0 Å². The van der Waals surface area contributed by atoms with Crippen LogP contribution in [0.2, 0.25) is 10.0 Å². The summed E-state index contributed by atoms with van der Waals surface area (Å²) in [5.41, 5.74) is 1.57. The average molecular weight is 318 g/mol. The predicted octanol–water partition coefficient (Wildman–Crippen LogP) is 5.02. The van der Waals surface area contributed by atoms with Crippen molar-refractivity contribution in [3.63, 3.8) is 0 Å². The van der Waals surface area contributed by atoms with Crippen molar-refractivity contribution in [2.75, 3.05) is 0 Å². The Morgan fingerprint density at radius 1 is 1.11 bits per heavy atom. The van der Waals surface area contributed by atoms with Crippen LogP contribution in [0.5, 0.6) is 11.5 Å². The molecule has 100 valence electrons. The van der Waals surface area contributed by atoms with Crippen LogP contribution < -0.4 is 4.74 Å². The van der Waals surface area contributed by atoms with Crippen LogP contribution in [0.1, 0.15) is 11.1 Å². The van der Waals surface area contributed by atoms with Gasteiger partial charge in [0, 0.05) is 10.6 Å². The van der Waals surface area contributed by atoms with Crippen molar-refractivity contribution < 1.29 is 9.84 Å². The number of phenols is 1. The Morgan fingerprint density at radius 2 is 1.89 bits per heavy atom. The molecule has 0 saturated heterocycles. The summed E-state index contributed by atoms with van der Waals surface area (Å²) in [6.07, 6.45) is 0. The topological polar surface area (TPSA) is 29.5 Å². The van der Waals surface area contributed by atoms with Gasteiger partial charge in [-0.05, 0) is 29.8 Å². The first kappa shape index (κ1) is 14.3. The van der Waals surface area contributed by atoms with E-state index in [9.17, 15) is 5.11 Å². The molecule has 0 fully saturated rings. The van der Waals surface area contributed by atoms with Crippen molar-refractivity contribution in [3.8, 4) is 11.5 Å². The van der Waals surface area contributed by atoms with Gasteiger partial charge in [-0.2, -0.15) is 0 Å². The molecule has 2 aromatic carbocycles. The molecular formula is C14H11Cl3O2. The first-order chi connectivity index (χ1) is 9.10. The second-order valence-electron chi connectivity index (χ2n) is 3.97. The van der Waals surface area contributed by atoms with E-state index in [-0.39, 0.29) is 11.6 Å². The molecule has 0 heterocycles. The Balaban J connectivity index is 2.19. The summed E-state index contributed by atoms with van der Waals surface area (Å²) >= 11 is 17.8. The average Bonchev–Trinajstić information content (AvgIpc) is 2.37. The summed E-state index contributed by atoms with van der Waals surface area (Å²) < 4.78 is 5.67. The normalized spacial score (nSPS) is 10.5. The van der Waals surface area contributed by atoms with Gasteiger partial charge in [0.1, 0.15) is 18.1 Å². The molecule has 0 bridgehead atoms. The van der Waals surface area contributed by atoms with Crippen LogP contribution in [0.25, 0.3) is 0 Å². The summed E-state index contributed by atoms with van der Waals surface area (Å²) in [6.45, 7) is 0.291. The number of hydrogen-bond donors (Lipinski definition) is 1. The van der Waals surface area contributed by atoms with Crippen LogP contribution in [0.15, 0.2) is 36.4 Å². The third-order valence-electron chi connectivity index (χ3n) is 2.52. The van der Waals surface area contributed by atoms with Gasteiger partial charge in [0.15, 0.2) is 0 Å². The number of ether oxygens (including phenoxy) is 1. The summed E-state index contributed by atoms with van der Waals surface area (Å²) in [7, 11) is 0. The van der Waals surface area contributed by atoms with E-state index in [0.29, 0.717) is 22.4 Å². The summed E-state index contributed by atoms with van der Waals surface area (Å²) in [6, 6.07) is 10.2. The Labute approximate surface area is 126 Å². The molecule has 19 heavy (non-hydrogen) atoms. The fraction of sp³-hybridized carbons (Fsp3) is 0.143. The Hall–Kier alpha value is -1.09. The Morgan fingerprint density at radius 3 is 2.58 bits per heavy atom. The SMILES string of the molecule is Oc1cccc(COc2c(Cl)cc(Cl)cc2CCl)c1. The molecule has 2 aromatic rings. The van der Waals surface area contributed by atoms with Crippen molar-refractivity contribution in [3.05, 3.63) is 57.6 Å². The standard InChI is InChI=1S/C14H11Cl3O2/c15-7-10-5-11(16)6-13(17)14(10)19-8-9-2-1-3-12(18)4-9/h1-6,18H,7-8H2. The predicted molar refractivity (Wildman–Crippen MR) is 78.5 cm³/mol. The minimum atomic E-state index is 0.195. The zero-order chi connectivity index (χ0) is 13.8. The fourth-order valence-corrected chi connectivity index (χ4v) is 2.46. The van der Waals surface area contributed by atoms with Gasteiger partial charge in [-0.15, -0.1) is 11.6 Å². The minimum absolute atomic E-state index is 0.195. The molecule has 0 unspecified atom stereocenters. The summed E-state index contributed by atoms with van der Waals surface area (Å²) in [5, 5.41) is 10.3. The lowest BCUT2D eigenvalue weighted by atomic mass is 10.2. The van der Waals surface area contributed by atoms with Gasteiger partial charge in [0.25, 0.3) is 0 Å². The van der Waals surface area contributed by atoms with E-state index in [4.69, 9.17) is 39.5 Å². The summed E-state index contributed by atoms with van der Waals surface area (Å²) in [4.78, 5) is 0. The number of alkyl halides is 1. The lowest BCUT2D eigenvalue weighted by Gasteiger charge is -2.12. The van der Waals surface area contributed by atoms with Gasteiger partial charge < -0.3 is 9.84 Å². The van der Waals surface area contributed by atoms with Crippen molar-refractivity contribution in [2.45, 2.75) is 12.5 Å². The molecule has 0 atom stereocenters. The van der Waals surface area contributed by atoms with Crippen LogP contribution in [-0.2, 0) is 12.5 Å². The van der Waals surface area contributed by atoms with Gasteiger partial charge in [-0.25, -0.2) is 0 Å². The van der Waals surface area contributed by atoms with E-state index >= 15 is 0 Å². The van der Waals surface area contributed by atoms with Gasteiger partial charge in [-0.3, -0.25) is 0 Å². The zero-order valence-electron chi connectivity index (χ0n) is 9.87. The highest BCUT2D eigenvalue weighted by molar-refractivity contribution is 6.36. The van der Waals surface area contributed by atoms with Crippen LogP contribution >= 0.6 is 34.8 Å². The van der Waals surface area contributed by atoms with Crippen molar-refractivity contribution in [2.24, 2.45) is 0 Å². The molecule has 0 aliphatic carbocycles. The third kappa shape index (κ3) is 3.69. The third-order valence-corrected chi connectivity index (χ3v) is 3.31. The Kier molecular flexibility index (Phi) is 4.81. The number of rotatable bonds is 4. The van der Waals surface area contributed by atoms with Gasteiger partial charge in [-0.1, -0.05) is 35.3 Å². The van der Waals surface area contributed by atoms with Crippen LogP contribution in [-0.4, -0.2) is 5.11 Å². The minimum Gasteiger partial charge on any atom is -0.508 e. The second kappa shape index (κ2) is 6.38. The van der Waals surface area contributed by atoms with E-state index in [2.05, 4.69) is 0 Å². The molecule has 5 heteroatoms. The number of hydrogen-bond acceptors (Lipinski definition) is 2. The molecule has 0 saturated carbocycles. The molecule has 0 aromatic heterocycles. The fourth-order valence-electron chi connectivity index (χ4n) is 1.68. The molecule has 0 amide bonds. The monoisotopic (exact) mass is 316 g/mol. The molecule has 2 rings (SSSR count). The smallest absolute Gasteiger partial charge is 0.142 e. The molecule has 0 radical (unpaired) electrons. The van der Waals surface area contributed by atoms with Crippen LogP contribution in [0.4, 0.5) is 0 Å². The van der Waals surface area contributed by atoms with Crippen LogP contribution in [0.3, 0.4) is 0 Å². The lowest BCUT2D eigenvalue weighted by Crippen LogP contribution is -1.98. The maximum atomic E-state index is 9.38. The molecule has 2 nitrogen and oxygen atoms in total. The lowest BCUT2D eigenvalue weighted by molar-refractivity contribution is 0.303. The summed E-state index contributed by atoms with van der Waals surface area (Å²) in [5.74, 6) is 0.973. The van der Waals surface area contributed by atoms with Crippen LogP contribution in [0, 0.1) is 0 Å². The van der Waals surface area contributed by atoms with Crippen molar-refractivity contribution in [1.82, 2.24) is 0 Å². The highest BCUT2D eigenvalue weighted by atomic mass is 35.5. The quantitative estimate of drug-likeness (QED) is 0.803. The number of halogens is 3. The highest BCUT2D eigenvalue weighted by Gasteiger charge is 2.10. The maximum Gasteiger partial charge on any atom is 0.142 e. The number of benzene rings is 2. The van der Waals surface area contributed by atoms with Gasteiger partial charge >= 0.3 is 0 Å². The highest BCUT2D eigenvalue weighted by Crippen LogP contribution is 2.34. The molecule has 0 aliphatic heterocycles. The van der Waals surface area contributed by atoms with E-state index in [1.807, 2.05) is 6.07 Å². The first-order valence-corrected chi connectivity index (χ1v) is 6.84. The maximum absolute atomic E-state index is 9.38. The zero-order valence-corrected chi connectivity index (χ0v) is 12.1. The van der Waals surface area contributed by atoms with Gasteiger partial charge in [0.05, 0.1) is 10.9 Å². The number of phenolic OH excluding ortho intramolecular Hbond substituents is 1. The molecule has 1 N–H and O–H groups in total. The van der Waals surface area contributed by atoms with E-state index in [1.54, 1.807) is 30.3 Å². The largest absolute Gasteiger partial charge is 0.508 e. The van der Waals surface area contributed by atoms with E-state index < -0.39 is 0 Å². The second-order valence-corrected chi connectivity index (χ2v) is 5.08. The molecule has 0 spiro atoms. The van der Waals surface area contributed by atoms with Gasteiger partial charge in [0.2, 0.25) is 0 Å². The van der Waals surface area contributed by atoms with Crippen molar-refractivity contribution in [1.29, 1.82) is 0 Å². The van der Waals surface area contributed by atoms with Crippen molar-refractivity contribution >= 4 is 34.8 Å². The first-order valence-electron chi connectivity index (χ1n) is 5.54. The van der Waals surface area contributed by atoms with E-state index in [0.717, 1.165) is 11.1 Å².